The molecule has 1 aromatic carbocycles. The smallest absolute Gasteiger partial charge is 0.0497 e. The van der Waals surface area contributed by atoms with Crippen molar-refractivity contribution < 1.29 is 0 Å². The van der Waals surface area contributed by atoms with Crippen LogP contribution in [0.3, 0.4) is 0 Å². The summed E-state index contributed by atoms with van der Waals surface area (Å²) < 4.78 is 1.13. The lowest BCUT2D eigenvalue weighted by atomic mass is 9.98. The first-order valence-electron chi connectivity index (χ1n) is 7.09. The molecule has 106 valence electrons. The van der Waals surface area contributed by atoms with E-state index in [2.05, 4.69) is 63.8 Å². The van der Waals surface area contributed by atoms with Crippen LogP contribution in [0.4, 0.5) is 0 Å². The molecule has 0 bridgehead atoms. The van der Waals surface area contributed by atoms with E-state index in [-0.39, 0.29) is 6.04 Å². The molecule has 0 aliphatic carbocycles. The van der Waals surface area contributed by atoms with Gasteiger partial charge in [-0.25, -0.2) is 0 Å². The lowest BCUT2D eigenvalue weighted by Crippen LogP contribution is -2.50. The van der Waals surface area contributed by atoms with Gasteiger partial charge in [-0.3, -0.25) is 4.90 Å². The zero-order valence-electron chi connectivity index (χ0n) is 11.8. The molecular formula is C15H24BrN3. The minimum Gasteiger partial charge on any atom is -0.326 e. The first-order valence-corrected chi connectivity index (χ1v) is 7.88. The van der Waals surface area contributed by atoms with E-state index in [0.29, 0.717) is 6.04 Å². The van der Waals surface area contributed by atoms with Crippen molar-refractivity contribution in [3.8, 4) is 0 Å². The third-order valence-corrected chi connectivity index (χ3v) is 4.43. The van der Waals surface area contributed by atoms with Gasteiger partial charge in [0.2, 0.25) is 0 Å². The molecule has 1 saturated heterocycles. The third kappa shape index (κ3) is 3.78. The van der Waals surface area contributed by atoms with E-state index >= 15 is 0 Å². The maximum atomic E-state index is 6.25. The van der Waals surface area contributed by atoms with E-state index in [1.165, 1.54) is 5.56 Å². The average Bonchev–Trinajstić information content (AvgIpc) is 2.39. The van der Waals surface area contributed by atoms with Crippen LogP contribution >= 0.6 is 15.9 Å². The summed E-state index contributed by atoms with van der Waals surface area (Å²) in [6.45, 7) is 9.99. The molecule has 2 rings (SSSR count). The number of hydrogen-bond donors (Lipinski definition) is 1. The van der Waals surface area contributed by atoms with Crippen molar-refractivity contribution in [2.45, 2.75) is 25.9 Å². The SMILES string of the molecule is CCN1CCN(C(c2cccc(Br)c2)C(C)N)CC1. The highest BCUT2D eigenvalue weighted by atomic mass is 79.9. The van der Waals surface area contributed by atoms with Gasteiger partial charge in [0, 0.05) is 42.7 Å². The van der Waals surface area contributed by atoms with Crippen molar-refractivity contribution >= 4 is 15.9 Å². The molecule has 2 unspecified atom stereocenters. The van der Waals surface area contributed by atoms with Crippen LogP contribution in [0.1, 0.15) is 25.5 Å². The Bertz CT molecular complexity index is 400. The standard InChI is InChI=1S/C15H24BrN3/c1-3-18-7-9-19(10-8-18)15(12(2)17)13-5-4-6-14(16)11-13/h4-6,11-12,15H,3,7-10,17H2,1-2H3. The van der Waals surface area contributed by atoms with Crippen molar-refractivity contribution in [3.05, 3.63) is 34.3 Å². The van der Waals surface area contributed by atoms with Gasteiger partial charge in [-0.1, -0.05) is 35.0 Å². The second kappa shape index (κ2) is 6.84. The molecular weight excluding hydrogens is 302 g/mol. The van der Waals surface area contributed by atoms with E-state index in [1.807, 2.05) is 0 Å². The predicted octanol–water partition coefficient (Wildman–Crippen LogP) is 2.47. The summed E-state index contributed by atoms with van der Waals surface area (Å²) in [7, 11) is 0. The maximum absolute atomic E-state index is 6.25. The van der Waals surface area contributed by atoms with E-state index in [1.54, 1.807) is 0 Å². The molecule has 0 saturated carbocycles. The molecule has 2 N–H and O–H groups in total. The Labute approximate surface area is 124 Å². The minimum absolute atomic E-state index is 0.141. The minimum atomic E-state index is 0.141. The Morgan fingerprint density at radius 3 is 2.47 bits per heavy atom. The van der Waals surface area contributed by atoms with Crippen molar-refractivity contribution in [1.82, 2.24) is 9.80 Å². The fourth-order valence-electron chi connectivity index (χ4n) is 2.90. The highest BCUT2D eigenvalue weighted by Crippen LogP contribution is 2.26. The maximum Gasteiger partial charge on any atom is 0.0497 e. The molecule has 0 aromatic heterocycles. The number of piperazine rings is 1. The molecule has 1 aliphatic rings. The van der Waals surface area contributed by atoms with E-state index < -0.39 is 0 Å². The normalized spacial score (nSPS) is 21.3. The fraction of sp³-hybridized carbons (Fsp3) is 0.600. The van der Waals surface area contributed by atoms with Gasteiger partial charge in [-0.15, -0.1) is 0 Å². The van der Waals surface area contributed by atoms with Crippen LogP contribution in [-0.2, 0) is 0 Å². The summed E-state index contributed by atoms with van der Waals surface area (Å²) in [5.74, 6) is 0. The van der Waals surface area contributed by atoms with Gasteiger partial charge in [0.25, 0.3) is 0 Å². The zero-order valence-corrected chi connectivity index (χ0v) is 13.4. The number of hydrogen-bond acceptors (Lipinski definition) is 3. The number of likely N-dealkylation sites (N-methyl/N-ethyl adjacent to an activating group) is 1. The molecule has 0 spiro atoms. The molecule has 2 atom stereocenters. The summed E-state index contributed by atoms with van der Waals surface area (Å²) >= 11 is 3.56. The summed E-state index contributed by atoms with van der Waals surface area (Å²) in [4.78, 5) is 5.02. The van der Waals surface area contributed by atoms with Gasteiger partial charge >= 0.3 is 0 Å². The van der Waals surface area contributed by atoms with Crippen LogP contribution in [0.2, 0.25) is 0 Å². The van der Waals surface area contributed by atoms with Gasteiger partial charge in [0.15, 0.2) is 0 Å². The Kier molecular flexibility index (Phi) is 5.39. The van der Waals surface area contributed by atoms with E-state index in [9.17, 15) is 0 Å². The number of rotatable bonds is 4. The predicted molar refractivity (Wildman–Crippen MR) is 84.2 cm³/mol. The number of halogens is 1. The first-order chi connectivity index (χ1) is 9.11. The molecule has 1 heterocycles. The van der Waals surface area contributed by atoms with Crippen molar-refractivity contribution in [2.24, 2.45) is 5.73 Å². The highest BCUT2D eigenvalue weighted by molar-refractivity contribution is 9.10. The molecule has 1 aromatic rings. The number of nitrogens with two attached hydrogens (primary N) is 1. The van der Waals surface area contributed by atoms with Gasteiger partial charge in [0.05, 0.1) is 0 Å². The van der Waals surface area contributed by atoms with Crippen LogP contribution in [-0.4, -0.2) is 48.6 Å². The van der Waals surface area contributed by atoms with Gasteiger partial charge in [0.1, 0.15) is 0 Å². The molecule has 19 heavy (non-hydrogen) atoms. The van der Waals surface area contributed by atoms with Gasteiger partial charge in [-0.2, -0.15) is 0 Å². The number of nitrogens with zero attached hydrogens (tertiary/aromatic N) is 2. The van der Waals surface area contributed by atoms with Crippen LogP contribution in [0.15, 0.2) is 28.7 Å². The Balaban J connectivity index is 2.13. The largest absolute Gasteiger partial charge is 0.326 e. The Morgan fingerprint density at radius 1 is 1.26 bits per heavy atom. The summed E-state index contributed by atoms with van der Waals surface area (Å²) in [6, 6.07) is 9.00. The lowest BCUT2D eigenvalue weighted by Gasteiger charge is -2.40. The Morgan fingerprint density at radius 2 is 1.95 bits per heavy atom. The monoisotopic (exact) mass is 325 g/mol. The van der Waals surface area contributed by atoms with Crippen molar-refractivity contribution in [2.75, 3.05) is 32.7 Å². The molecule has 1 aliphatic heterocycles. The van der Waals surface area contributed by atoms with Crippen molar-refractivity contribution in [3.63, 3.8) is 0 Å². The van der Waals surface area contributed by atoms with Gasteiger partial charge < -0.3 is 10.6 Å². The third-order valence-electron chi connectivity index (χ3n) is 3.94. The number of benzene rings is 1. The molecule has 4 heteroatoms. The fourth-order valence-corrected chi connectivity index (χ4v) is 3.31. The van der Waals surface area contributed by atoms with E-state index in [4.69, 9.17) is 5.73 Å². The van der Waals surface area contributed by atoms with E-state index in [0.717, 1.165) is 37.2 Å². The lowest BCUT2D eigenvalue weighted by molar-refractivity contribution is 0.0898. The van der Waals surface area contributed by atoms with Gasteiger partial charge in [-0.05, 0) is 31.2 Å². The molecule has 1 fully saturated rings. The highest BCUT2D eigenvalue weighted by Gasteiger charge is 2.27. The summed E-state index contributed by atoms with van der Waals surface area (Å²) in [5, 5.41) is 0. The molecule has 3 nitrogen and oxygen atoms in total. The molecule has 0 radical (unpaired) electrons. The summed E-state index contributed by atoms with van der Waals surface area (Å²) in [6.07, 6.45) is 0. The van der Waals surface area contributed by atoms with Crippen LogP contribution in [0.5, 0.6) is 0 Å². The second-order valence-corrected chi connectivity index (χ2v) is 6.24. The molecule has 0 amide bonds. The van der Waals surface area contributed by atoms with Crippen molar-refractivity contribution in [1.29, 1.82) is 0 Å². The zero-order chi connectivity index (χ0) is 13.8. The van der Waals surface area contributed by atoms with Crippen LogP contribution in [0, 0.1) is 0 Å². The van der Waals surface area contributed by atoms with Crippen LogP contribution < -0.4 is 5.73 Å². The summed E-state index contributed by atoms with van der Waals surface area (Å²) in [5.41, 5.74) is 7.56. The Hall–Kier alpha value is -0.420. The average molecular weight is 326 g/mol. The quantitative estimate of drug-likeness (QED) is 0.923. The van der Waals surface area contributed by atoms with Crippen LogP contribution in [0.25, 0.3) is 0 Å². The first kappa shape index (κ1) is 15.0. The topological polar surface area (TPSA) is 32.5 Å². The second-order valence-electron chi connectivity index (χ2n) is 5.33.